The number of fused-ring (bicyclic) bond motifs is 1. The lowest BCUT2D eigenvalue weighted by Crippen LogP contribution is -2.63. The summed E-state index contributed by atoms with van der Waals surface area (Å²) in [6.45, 7) is 1.32. The summed E-state index contributed by atoms with van der Waals surface area (Å²) in [5.41, 5.74) is -0.455. The highest BCUT2D eigenvalue weighted by molar-refractivity contribution is 5.91. The van der Waals surface area contributed by atoms with E-state index in [1.807, 2.05) is 0 Å². The molecule has 1 aliphatic carbocycles. The summed E-state index contributed by atoms with van der Waals surface area (Å²) in [6.07, 6.45) is -0.813. The molecule has 4 rings (SSSR count). The minimum Gasteiger partial charge on any atom is -0.465 e. The molecule has 2 aromatic rings. The second-order valence-corrected chi connectivity index (χ2v) is 8.48. The Balaban J connectivity index is 1.24. The Morgan fingerprint density at radius 2 is 1.79 bits per heavy atom. The molecule has 9 nitrogen and oxygen atoms in total. The molecule has 1 aromatic carbocycles. The van der Waals surface area contributed by atoms with E-state index in [2.05, 4.69) is 30.8 Å². The Morgan fingerprint density at radius 3 is 2.45 bits per heavy atom. The first-order valence-corrected chi connectivity index (χ1v) is 10.8. The third-order valence-corrected chi connectivity index (χ3v) is 6.19. The normalized spacial score (nSPS) is 21.9. The summed E-state index contributed by atoms with van der Waals surface area (Å²) in [7, 11) is 0. The Kier molecular flexibility index (Phi) is 6.54. The van der Waals surface area contributed by atoms with Crippen LogP contribution in [-0.4, -0.2) is 69.7 Å². The van der Waals surface area contributed by atoms with Gasteiger partial charge in [-0.05, 0) is 43.9 Å². The predicted octanol–water partition coefficient (Wildman–Crippen LogP) is 2.44. The zero-order chi connectivity index (χ0) is 23.6. The minimum atomic E-state index is -4.49. The second kappa shape index (κ2) is 9.38. The van der Waals surface area contributed by atoms with E-state index in [0.717, 1.165) is 50.9 Å². The Morgan fingerprint density at radius 1 is 1.06 bits per heavy atom. The molecular weight excluding hydrogens is 441 g/mol. The molecule has 0 radical (unpaired) electrons. The van der Waals surface area contributed by atoms with Crippen LogP contribution in [0.3, 0.4) is 0 Å². The highest BCUT2D eigenvalue weighted by Gasteiger charge is 2.35. The van der Waals surface area contributed by atoms with Gasteiger partial charge in [-0.1, -0.05) is 0 Å². The molecule has 2 fully saturated rings. The third kappa shape index (κ3) is 5.62. The van der Waals surface area contributed by atoms with Gasteiger partial charge in [0.2, 0.25) is 5.91 Å². The number of halogens is 3. The molecule has 0 atom stereocenters. The van der Waals surface area contributed by atoms with Gasteiger partial charge in [0, 0.05) is 30.6 Å². The fourth-order valence-corrected chi connectivity index (χ4v) is 4.48. The van der Waals surface area contributed by atoms with E-state index in [0.29, 0.717) is 11.6 Å². The summed E-state index contributed by atoms with van der Waals surface area (Å²) in [4.78, 5) is 33.3. The van der Waals surface area contributed by atoms with Crippen LogP contribution >= 0.6 is 0 Å². The largest absolute Gasteiger partial charge is 0.465 e. The van der Waals surface area contributed by atoms with Crippen molar-refractivity contribution in [3.63, 3.8) is 0 Å². The van der Waals surface area contributed by atoms with Gasteiger partial charge in [0.1, 0.15) is 12.1 Å². The van der Waals surface area contributed by atoms with Crippen LogP contribution < -0.4 is 16.0 Å². The quantitative estimate of drug-likeness (QED) is 0.516. The molecule has 33 heavy (non-hydrogen) atoms. The van der Waals surface area contributed by atoms with Crippen molar-refractivity contribution in [3.8, 4) is 0 Å². The fourth-order valence-electron chi connectivity index (χ4n) is 4.48. The monoisotopic (exact) mass is 466 g/mol. The van der Waals surface area contributed by atoms with E-state index < -0.39 is 17.8 Å². The van der Waals surface area contributed by atoms with E-state index in [4.69, 9.17) is 5.11 Å². The van der Waals surface area contributed by atoms with E-state index in [1.54, 1.807) is 0 Å². The van der Waals surface area contributed by atoms with Gasteiger partial charge >= 0.3 is 12.3 Å². The molecule has 0 bridgehead atoms. The van der Waals surface area contributed by atoms with Crippen molar-refractivity contribution >= 4 is 28.7 Å². The molecule has 178 valence electrons. The maximum atomic E-state index is 13.0. The number of nitrogens with one attached hydrogen (secondary N) is 3. The molecule has 1 aromatic heterocycles. The Labute approximate surface area is 187 Å². The van der Waals surface area contributed by atoms with Gasteiger partial charge in [-0.2, -0.15) is 13.2 Å². The number of carbonyl (C=O) groups excluding carboxylic acids is 1. The lowest BCUT2D eigenvalue weighted by atomic mass is 9.88. The molecule has 1 aliphatic heterocycles. The van der Waals surface area contributed by atoms with E-state index in [9.17, 15) is 22.8 Å². The van der Waals surface area contributed by atoms with Crippen LogP contribution in [0.25, 0.3) is 10.9 Å². The van der Waals surface area contributed by atoms with Crippen LogP contribution in [0, 0.1) is 0 Å². The number of alkyl halides is 3. The number of amides is 2. The summed E-state index contributed by atoms with van der Waals surface area (Å²) < 4.78 is 39.1. The van der Waals surface area contributed by atoms with Crippen LogP contribution in [0.1, 0.15) is 31.2 Å². The maximum Gasteiger partial charge on any atom is 0.416 e. The number of hydrogen-bond acceptors (Lipinski definition) is 6. The summed E-state index contributed by atoms with van der Waals surface area (Å²) in [6, 6.07) is 3.61. The van der Waals surface area contributed by atoms with Crippen LogP contribution in [0.4, 0.5) is 23.8 Å². The molecule has 4 N–H and O–H groups in total. The number of carbonyl (C=O) groups is 2. The van der Waals surface area contributed by atoms with Crippen molar-refractivity contribution in [1.82, 2.24) is 25.5 Å². The zero-order valence-electron chi connectivity index (χ0n) is 17.7. The zero-order valence-corrected chi connectivity index (χ0v) is 17.7. The molecule has 1 saturated carbocycles. The molecule has 1 saturated heterocycles. The third-order valence-electron chi connectivity index (χ3n) is 6.19. The fraction of sp³-hybridized carbons (Fsp3) is 0.524. The van der Waals surface area contributed by atoms with Crippen LogP contribution in [-0.2, 0) is 11.0 Å². The van der Waals surface area contributed by atoms with Crippen LogP contribution in [0.2, 0.25) is 0 Å². The van der Waals surface area contributed by atoms with Crippen molar-refractivity contribution in [3.05, 3.63) is 30.1 Å². The van der Waals surface area contributed by atoms with Gasteiger partial charge in [-0.3, -0.25) is 9.69 Å². The number of hydrogen-bond donors (Lipinski definition) is 4. The average Bonchev–Trinajstić information content (AvgIpc) is 2.74. The maximum absolute atomic E-state index is 13.0. The molecule has 0 unspecified atom stereocenters. The van der Waals surface area contributed by atoms with Gasteiger partial charge in [0.25, 0.3) is 0 Å². The second-order valence-electron chi connectivity index (χ2n) is 8.48. The number of likely N-dealkylation sites (tertiary alicyclic amines) is 1. The SMILES string of the molecule is O=C(CNc1ncnc2ccc(C(F)(F)F)cc12)NC1CN([C@H]2CC[C@H](NC(=O)O)CC2)C1. The van der Waals surface area contributed by atoms with Crippen LogP contribution in [0.15, 0.2) is 24.5 Å². The highest BCUT2D eigenvalue weighted by Crippen LogP contribution is 2.32. The lowest BCUT2D eigenvalue weighted by Gasteiger charge is -2.46. The first-order valence-electron chi connectivity index (χ1n) is 10.8. The van der Waals surface area contributed by atoms with Crippen molar-refractivity contribution in [2.24, 2.45) is 0 Å². The van der Waals surface area contributed by atoms with E-state index in [-0.39, 0.29) is 35.7 Å². The van der Waals surface area contributed by atoms with E-state index in [1.165, 1.54) is 12.4 Å². The van der Waals surface area contributed by atoms with Crippen molar-refractivity contribution in [2.45, 2.75) is 50.0 Å². The Hall–Kier alpha value is -3.15. The Bertz CT molecular complexity index is 1020. The van der Waals surface area contributed by atoms with Crippen LogP contribution in [0.5, 0.6) is 0 Å². The van der Waals surface area contributed by atoms with Gasteiger partial charge in [0.05, 0.1) is 23.7 Å². The van der Waals surface area contributed by atoms with Crippen molar-refractivity contribution in [2.75, 3.05) is 25.0 Å². The highest BCUT2D eigenvalue weighted by atomic mass is 19.4. The number of benzene rings is 1. The standard InChI is InChI=1S/C21H25F3N6O3/c22-21(23,24)12-1-6-17-16(7-12)19(27-11-26-17)25-8-18(31)28-14-9-30(10-14)15-4-2-13(3-5-15)29-20(32)33/h1,6-7,11,13-15,29H,2-5,8-10H2,(H,28,31)(H,32,33)(H,25,26,27)/t13-,15-. The first-order chi connectivity index (χ1) is 15.7. The van der Waals surface area contributed by atoms with Gasteiger partial charge in [0.15, 0.2) is 0 Å². The summed E-state index contributed by atoms with van der Waals surface area (Å²) in [5, 5.41) is 17.3. The number of rotatable bonds is 6. The first kappa shape index (κ1) is 23.0. The molecule has 0 spiro atoms. The topological polar surface area (TPSA) is 119 Å². The van der Waals surface area contributed by atoms with Gasteiger partial charge < -0.3 is 21.1 Å². The molecular formula is C21H25F3N6O3. The predicted molar refractivity (Wildman–Crippen MR) is 114 cm³/mol. The summed E-state index contributed by atoms with van der Waals surface area (Å²) in [5.74, 6) is -0.101. The number of aromatic nitrogens is 2. The number of carboxylic acid groups (broad SMARTS) is 1. The average molecular weight is 466 g/mol. The van der Waals surface area contributed by atoms with Crippen molar-refractivity contribution in [1.29, 1.82) is 0 Å². The minimum absolute atomic E-state index is 0.00619. The van der Waals surface area contributed by atoms with E-state index >= 15 is 0 Å². The molecule has 12 heteroatoms. The number of nitrogens with zero attached hydrogens (tertiary/aromatic N) is 3. The smallest absolute Gasteiger partial charge is 0.416 e. The lowest BCUT2D eigenvalue weighted by molar-refractivity contribution is -0.137. The molecule has 2 aliphatic rings. The van der Waals surface area contributed by atoms with Gasteiger partial charge in [-0.15, -0.1) is 0 Å². The molecule has 2 heterocycles. The van der Waals surface area contributed by atoms with Gasteiger partial charge in [-0.25, -0.2) is 14.8 Å². The number of anilines is 1. The summed E-state index contributed by atoms with van der Waals surface area (Å²) >= 11 is 0. The molecule has 2 amide bonds. The van der Waals surface area contributed by atoms with Crippen molar-refractivity contribution < 1.29 is 27.9 Å².